The summed E-state index contributed by atoms with van der Waals surface area (Å²) in [5, 5.41) is 10.5. The van der Waals surface area contributed by atoms with Gasteiger partial charge < -0.3 is 15.3 Å². The second-order valence-corrected chi connectivity index (χ2v) is 4.99. The quantitative estimate of drug-likeness (QED) is 0.889. The van der Waals surface area contributed by atoms with E-state index in [-0.39, 0.29) is 11.6 Å². The van der Waals surface area contributed by atoms with Crippen molar-refractivity contribution in [2.75, 3.05) is 6.54 Å². The molecule has 0 saturated carbocycles. The first-order valence-corrected chi connectivity index (χ1v) is 6.86. The Morgan fingerprint density at radius 1 is 1.35 bits per heavy atom. The number of halogens is 2. The maximum atomic E-state index is 14.1. The molecule has 0 spiro atoms. The van der Waals surface area contributed by atoms with E-state index in [1.54, 1.807) is 18.2 Å². The zero-order chi connectivity index (χ0) is 14.7. The summed E-state index contributed by atoms with van der Waals surface area (Å²) in [6.07, 6.45) is 1.23. The largest absolute Gasteiger partial charge is 0.469 e. The molecule has 2 aromatic rings. The van der Waals surface area contributed by atoms with Crippen LogP contribution in [-0.4, -0.2) is 11.7 Å². The van der Waals surface area contributed by atoms with Crippen LogP contribution in [0.2, 0.25) is 5.02 Å². The van der Waals surface area contributed by atoms with Crippen molar-refractivity contribution in [1.82, 2.24) is 0 Å². The molecule has 2 unspecified atom stereocenters. The number of rotatable bonds is 5. The third-order valence-corrected chi connectivity index (χ3v) is 3.73. The van der Waals surface area contributed by atoms with Gasteiger partial charge in [-0.15, -0.1) is 0 Å². The van der Waals surface area contributed by atoms with Gasteiger partial charge in [-0.05, 0) is 17.7 Å². The van der Waals surface area contributed by atoms with Gasteiger partial charge >= 0.3 is 0 Å². The number of aliphatic hydroxyl groups excluding tert-OH is 1. The van der Waals surface area contributed by atoms with Crippen molar-refractivity contribution in [3.63, 3.8) is 0 Å². The van der Waals surface area contributed by atoms with Gasteiger partial charge in [-0.2, -0.15) is 0 Å². The van der Waals surface area contributed by atoms with Crippen LogP contribution in [-0.2, 0) is 6.42 Å². The van der Waals surface area contributed by atoms with Crippen LogP contribution in [0.4, 0.5) is 4.39 Å². The van der Waals surface area contributed by atoms with Crippen LogP contribution in [0.5, 0.6) is 0 Å². The van der Waals surface area contributed by atoms with Crippen molar-refractivity contribution >= 4 is 11.6 Å². The highest BCUT2D eigenvalue weighted by molar-refractivity contribution is 6.30. The molecule has 1 aromatic carbocycles. The molecule has 5 heteroatoms. The Bertz CT molecular complexity index is 585. The molecule has 20 heavy (non-hydrogen) atoms. The van der Waals surface area contributed by atoms with Crippen molar-refractivity contribution in [3.8, 4) is 0 Å². The molecule has 3 N–H and O–H groups in total. The Kier molecular flexibility index (Phi) is 4.81. The normalized spacial score (nSPS) is 14.2. The van der Waals surface area contributed by atoms with E-state index < -0.39 is 17.8 Å². The van der Waals surface area contributed by atoms with E-state index in [9.17, 15) is 9.50 Å². The number of nitrogens with two attached hydrogens (primary N) is 1. The number of furan rings is 1. The van der Waals surface area contributed by atoms with Crippen LogP contribution in [0.15, 0.2) is 34.9 Å². The molecule has 0 aliphatic rings. The molecule has 0 bridgehead atoms. The van der Waals surface area contributed by atoms with Crippen molar-refractivity contribution < 1.29 is 13.9 Å². The minimum absolute atomic E-state index is 0.0241. The van der Waals surface area contributed by atoms with Crippen molar-refractivity contribution in [1.29, 1.82) is 0 Å². The van der Waals surface area contributed by atoms with Gasteiger partial charge in [-0.1, -0.05) is 30.7 Å². The third kappa shape index (κ3) is 2.73. The maximum Gasteiger partial charge on any atom is 0.145 e. The first-order valence-electron chi connectivity index (χ1n) is 6.48. The van der Waals surface area contributed by atoms with E-state index in [0.29, 0.717) is 23.3 Å². The van der Waals surface area contributed by atoms with E-state index in [2.05, 4.69) is 0 Å². The third-order valence-electron chi connectivity index (χ3n) is 3.44. The molecule has 2 atom stereocenters. The predicted octanol–water partition coefficient (Wildman–Crippen LogP) is 3.41. The number of aliphatic hydroxyl groups is 1. The van der Waals surface area contributed by atoms with E-state index in [1.165, 1.54) is 12.3 Å². The highest BCUT2D eigenvalue weighted by Crippen LogP contribution is 2.35. The Morgan fingerprint density at radius 3 is 2.75 bits per heavy atom. The fourth-order valence-corrected chi connectivity index (χ4v) is 2.53. The van der Waals surface area contributed by atoms with E-state index in [4.69, 9.17) is 21.8 Å². The lowest BCUT2D eigenvalue weighted by Crippen LogP contribution is -2.21. The molecule has 108 valence electrons. The van der Waals surface area contributed by atoms with E-state index in [0.717, 1.165) is 0 Å². The van der Waals surface area contributed by atoms with Crippen LogP contribution >= 0.6 is 11.6 Å². The lowest BCUT2D eigenvalue weighted by atomic mass is 9.88. The summed E-state index contributed by atoms with van der Waals surface area (Å²) in [4.78, 5) is 0. The van der Waals surface area contributed by atoms with Crippen LogP contribution in [0.1, 0.15) is 35.8 Å². The van der Waals surface area contributed by atoms with Crippen LogP contribution in [0.25, 0.3) is 0 Å². The molecule has 1 aromatic heterocycles. The average molecular weight is 298 g/mol. The van der Waals surface area contributed by atoms with Gasteiger partial charge in [0, 0.05) is 24.4 Å². The van der Waals surface area contributed by atoms with Crippen LogP contribution < -0.4 is 5.73 Å². The Morgan fingerprint density at radius 2 is 2.10 bits per heavy atom. The maximum absolute atomic E-state index is 14.1. The fourth-order valence-electron chi connectivity index (χ4n) is 2.35. The summed E-state index contributed by atoms with van der Waals surface area (Å²) >= 11 is 5.79. The molecular weight excluding hydrogens is 281 g/mol. The lowest BCUT2D eigenvalue weighted by molar-refractivity contribution is 0.143. The molecule has 3 nitrogen and oxygen atoms in total. The smallest absolute Gasteiger partial charge is 0.145 e. The monoisotopic (exact) mass is 297 g/mol. The SMILES string of the molecule is CCc1occc1C(O)C(CN)c1cccc(Cl)c1F. The number of hydrogen-bond donors (Lipinski definition) is 2. The number of benzene rings is 1. The second kappa shape index (κ2) is 6.39. The Labute approximate surface area is 122 Å². The molecule has 1 heterocycles. The summed E-state index contributed by atoms with van der Waals surface area (Å²) in [6.45, 7) is 2.03. The fraction of sp³-hybridized carbons (Fsp3) is 0.333. The summed E-state index contributed by atoms with van der Waals surface area (Å²) in [5.41, 5.74) is 6.68. The first kappa shape index (κ1) is 15.0. The average Bonchev–Trinajstić information content (AvgIpc) is 2.92. The molecule has 0 fully saturated rings. The number of aryl methyl sites for hydroxylation is 1. The summed E-state index contributed by atoms with van der Waals surface area (Å²) in [7, 11) is 0. The predicted molar refractivity (Wildman–Crippen MR) is 76.3 cm³/mol. The van der Waals surface area contributed by atoms with Gasteiger partial charge in [0.2, 0.25) is 0 Å². The van der Waals surface area contributed by atoms with Gasteiger partial charge in [0.05, 0.1) is 17.4 Å². The topological polar surface area (TPSA) is 59.4 Å². The molecular formula is C15H17ClFNO2. The van der Waals surface area contributed by atoms with Gasteiger partial charge in [0.1, 0.15) is 11.6 Å². The van der Waals surface area contributed by atoms with E-state index >= 15 is 0 Å². The van der Waals surface area contributed by atoms with Crippen LogP contribution in [0.3, 0.4) is 0 Å². The van der Waals surface area contributed by atoms with Crippen molar-refractivity contribution in [2.45, 2.75) is 25.4 Å². The Balaban J connectivity index is 2.39. The zero-order valence-electron chi connectivity index (χ0n) is 11.1. The zero-order valence-corrected chi connectivity index (χ0v) is 11.9. The van der Waals surface area contributed by atoms with E-state index in [1.807, 2.05) is 6.92 Å². The minimum atomic E-state index is -0.929. The standard InChI is InChI=1S/C15H17ClFNO2/c1-2-13-10(6-7-20-13)15(19)11(8-18)9-4-3-5-12(16)14(9)17/h3-7,11,15,19H,2,8,18H2,1H3. The molecule has 2 rings (SSSR count). The van der Waals surface area contributed by atoms with Crippen molar-refractivity contribution in [2.24, 2.45) is 5.73 Å². The summed E-state index contributed by atoms with van der Waals surface area (Å²) in [5.74, 6) is -0.430. The Hall–Kier alpha value is -1.36. The lowest BCUT2D eigenvalue weighted by Gasteiger charge is -2.22. The van der Waals surface area contributed by atoms with Crippen LogP contribution in [0, 0.1) is 5.82 Å². The molecule has 0 radical (unpaired) electrons. The second-order valence-electron chi connectivity index (χ2n) is 4.58. The first-order chi connectivity index (χ1) is 9.60. The molecule has 0 aliphatic carbocycles. The highest BCUT2D eigenvalue weighted by Gasteiger charge is 2.27. The van der Waals surface area contributed by atoms with Crippen molar-refractivity contribution in [3.05, 3.63) is 58.3 Å². The summed E-state index contributed by atoms with van der Waals surface area (Å²) < 4.78 is 19.4. The van der Waals surface area contributed by atoms with Gasteiger partial charge in [0.25, 0.3) is 0 Å². The van der Waals surface area contributed by atoms with Gasteiger partial charge in [0.15, 0.2) is 0 Å². The number of hydrogen-bond acceptors (Lipinski definition) is 3. The van der Waals surface area contributed by atoms with Gasteiger partial charge in [-0.25, -0.2) is 4.39 Å². The van der Waals surface area contributed by atoms with Gasteiger partial charge in [-0.3, -0.25) is 0 Å². The molecule has 0 saturated heterocycles. The summed E-state index contributed by atoms with van der Waals surface area (Å²) in [6, 6.07) is 6.39. The minimum Gasteiger partial charge on any atom is -0.469 e. The molecule has 0 amide bonds. The highest BCUT2D eigenvalue weighted by atomic mass is 35.5. The molecule has 0 aliphatic heterocycles.